The van der Waals surface area contributed by atoms with Gasteiger partial charge in [-0.2, -0.15) is 0 Å². The molecular weight excluding hydrogens is 200 g/mol. The number of rotatable bonds is 2. The molecule has 2 N–H and O–H groups in total. The average Bonchev–Trinajstić information content (AvgIpc) is 2.96. The molecule has 0 bridgehead atoms. The minimum absolute atomic E-state index is 0.111. The quantitative estimate of drug-likeness (QED) is 0.839. The van der Waals surface area contributed by atoms with Gasteiger partial charge in [-0.05, 0) is 25.0 Å². The van der Waals surface area contributed by atoms with Crippen molar-refractivity contribution in [1.82, 2.24) is 4.98 Å². The number of aromatic nitrogens is 1. The Morgan fingerprint density at radius 3 is 2.94 bits per heavy atom. The lowest BCUT2D eigenvalue weighted by molar-refractivity contribution is 0.447. The molecule has 0 unspecified atom stereocenters. The second kappa shape index (κ2) is 3.59. The number of hydrogen-bond acceptors (Lipinski definition) is 3. The van der Waals surface area contributed by atoms with E-state index in [-0.39, 0.29) is 5.41 Å². The topological polar surface area (TPSA) is 52.0 Å². The lowest BCUT2D eigenvalue weighted by atomic mass is 9.80. The van der Waals surface area contributed by atoms with Crippen molar-refractivity contribution in [3.05, 3.63) is 30.2 Å². The third kappa shape index (κ3) is 1.28. The Bertz CT molecular complexity index is 497. The van der Waals surface area contributed by atoms with Gasteiger partial charge in [0.05, 0.1) is 6.26 Å². The normalized spacial score (nSPS) is 19.3. The summed E-state index contributed by atoms with van der Waals surface area (Å²) in [5.74, 6) is 0. The minimum atomic E-state index is 0.111. The maximum atomic E-state index is 5.98. The summed E-state index contributed by atoms with van der Waals surface area (Å²) < 4.78 is 5.57. The predicted molar refractivity (Wildman–Crippen MR) is 63.2 cm³/mol. The van der Waals surface area contributed by atoms with Crippen LogP contribution >= 0.6 is 0 Å². The Hall–Kier alpha value is -1.35. The molecule has 0 aliphatic heterocycles. The van der Waals surface area contributed by atoms with Gasteiger partial charge in [0.1, 0.15) is 5.52 Å². The monoisotopic (exact) mass is 216 g/mol. The first-order valence-corrected chi connectivity index (χ1v) is 5.88. The highest BCUT2D eigenvalue weighted by atomic mass is 16.3. The molecule has 3 nitrogen and oxygen atoms in total. The standard InChI is InChI=1S/C13H16N2O/c14-9-13(5-1-2-6-13)10-8-16-11-4-3-7-15-12(10)11/h3-4,7-8H,1-2,5-6,9,14H2. The van der Waals surface area contributed by atoms with Crippen LogP contribution in [0, 0.1) is 0 Å². The molecule has 0 amide bonds. The smallest absolute Gasteiger partial charge is 0.152 e. The van der Waals surface area contributed by atoms with Crippen molar-refractivity contribution < 1.29 is 4.42 Å². The van der Waals surface area contributed by atoms with Crippen LogP contribution in [-0.4, -0.2) is 11.5 Å². The summed E-state index contributed by atoms with van der Waals surface area (Å²) in [6, 6.07) is 3.87. The van der Waals surface area contributed by atoms with Crippen molar-refractivity contribution in [3.63, 3.8) is 0 Å². The Labute approximate surface area is 94.7 Å². The molecule has 0 atom stereocenters. The van der Waals surface area contributed by atoms with Gasteiger partial charge in [-0.25, -0.2) is 0 Å². The Morgan fingerprint density at radius 1 is 1.38 bits per heavy atom. The van der Waals surface area contributed by atoms with E-state index in [0.717, 1.165) is 23.9 Å². The van der Waals surface area contributed by atoms with Gasteiger partial charge < -0.3 is 10.2 Å². The summed E-state index contributed by atoms with van der Waals surface area (Å²) in [6.45, 7) is 0.693. The molecule has 0 aromatic carbocycles. The third-order valence-electron chi connectivity index (χ3n) is 3.85. The molecule has 16 heavy (non-hydrogen) atoms. The molecule has 1 saturated carbocycles. The fourth-order valence-electron chi connectivity index (χ4n) is 2.88. The Morgan fingerprint density at radius 2 is 2.19 bits per heavy atom. The molecule has 84 valence electrons. The number of nitrogens with two attached hydrogens (primary N) is 1. The predicted octanol–water partition coefficient (Wildman–Crippen LogP) is 2.60. The van der Waals surface area contributed by atoms with Crippen molar-refractivity contribution in [2.45, 2.75) is 31.1 Å². The lowest BCUT2D eigenvalue weighted by Crippen LogP contribution is -2.31. The number of furan rings is 1. The second-order valence-electron chi connectivity index (χ2n) is 4.69. The van der Waals surface area contributed by atoms with E-state index in [1.165, 1.54) is 18.4 Å². The first kappa shape index (κ1) is 9.85. The van der Waals surface area contributed by atoms with E-state index < -0.39 is 0 Å². The van der Waals surface area contributed by atoms with E-state index >= 15 is 0 Å². The maximum Gasteiger partial charge on any atom is 0.152 e. The molecule has 0 saturated heterocycles. The van der Waals surface area contributed by atoms with Crippen LogP contribution in [0.2, 0.25) is 0 Å². The summed E-state index contributed by atoms with van der Waals surface area (Å²) >= 11 is 0. The molecule has 3 rings (SSSR count). The summed E-state index contributed by atoms with van der Waals surface area (Å²) in [4.78, 5) is 4.43. The molecule has 1 aliphatic rings. The van der Waals surface area contributed by atoms with Crippen molar-refractivity contribution in [3.8, 4) is 0 Å². The first-order valence-electron chi connectivity index (χ1n) is 5.88. The molecule has 2 aromatic heterocycles. The van der Waals surface area contributed by atoms with Crippen LogP contribution in [0.4, 0.5) is 0 Å². The summed E-state index contributed by atoms with van der Waals surface area (Å²) in [5.41, 5.74) is 9.17. The van der Waals surface area contributed by atoms with Gasteiger partial charge in [0.2, 0.25) is 0 Å². The van der Waals surface area contributed by atoms with Crippen LogP contribution in [0.25, 0.3) is 11.1 Å². The van der Waals surface area contributed by atoms with Gasteiger partial charge in [0.25, 0.3) is 0 Å². The molecule has 2 heterocycles. The van der Waals surface area contributed by atoms with Crippen molar-refractivity contribution in [1.29, 1.82) is 0 Å². The summed E-state index contributed by atoms with van der Waals surface area (Å²) in [5, 5.41) is 0. The molecule has 0 spiro atoms. The van der Waals surface area contributed by atoms with Gasteiger partial charge in [-0.3, -0.25) is 4.98 Å². The number of fused-ring (bicyclic) bond motifs is 1. The first-order chi connectivity index (χ1) is 7.86. The lowest BCUT2D eigenvalue weighted by Gasteiger charge is -2.25. The van der Waals surface area contributed by atoms with E-state index in [9.17, 15) is 0 Å². The van der Waals surface area contributed by atoms with Gasteiger partial charge in [0.15, 0.2) is 5.58 Å². The number of pyridine rings is 1. The SMILES string of the molecule is NCC1(c2coc3cccnc23)CCCC1. The van der Waals surface area contributed by atoms with Crippen molar-refractivity contribution in [2.24, 2.45) is 5.73 Å². The van der Waals surface area contributed by atoms with E-state index in [2.05, 4.69) is 4.98 Å². The van der Waals surface area contributed by atoms with Gasteiger partial charge >= 0.3 is 0 Å². The molecule has 0 radical (unpaired) electrons. The van der Waals surface area contributed by atoms with E-state index in [1.54, 1.807) is 0 Å². The maximum absolute atomic E-state index is 5.98. The van der Waals surface area contributed by atoms with Gasteiger partial charge in [-0.1, -0.05) is 12.8 Å². The number of hydrogen-bond donors (Lipinski definition) is 1. The van der Waals surface area contributed by atoms with Crippen molar-refractivity contribution >= 4 is 11.1 Å². The van der Waals surface area contributed by atoms with E-state index in [4.69, 9.17) is 10.2 Å². The molecule has 1 aliphatic carbocycles. The highest BCUT2D eigenvalue weighted by Crippen LogP contribution is 2.43. The average molecular weight is 216 g/mol. The van der Waals surface area contributed by atoms with Crippen LogP contribution in [0.15, 0.2) is 29.0 Å². The van der Waals surface area contributed by atoms with E-state index in [0.29, 0.717) is 6.54 Å². The highest BCUT2D eigenvalue weighted by molar-refractivity contribution is 5.77. The molecule has 3 heteroatoms. The minimum Gasteiger partial charge on any atom is -0.462 e. The zero-order valence-electron chi connectivity index (χ0n) is 9.28. The fraction of sp³-hybridized carbons (Fsp3) is 0.462. The summed E-state index contributed by atoms with van der Waals surface area (Å²) in [7, 11) is 0. The van der Waals surface area contributed by atoms with Crippen LogP contribution in [0.1, 0.15) is 31.2 Å². The van der Waals surface area contributed by atoms with Crippen LogP contribution in [0.5, 0.6) is 0 Å². The van der Waals surface area contributed by atoms with Gasteiger partial charge in [-0.15, -0.1) is 0 Å². The zero-order chi connectivity index (χ0) is 11.0. The van der Waals surface area contributed by atoms with Gasteiger partial charge in [0, 0.05) is 23.7 Å². The van der Waals surface area contributed by atoms with Crippen LogP contribution in [0.3, 0.4) is 0 Å². The number of nitrogens with zero attached hydrogens (tertiary/aromatic N) is 1. The highest BCUT2D eigenvalue weighted by Gasteiger charge is 2.37. The summed E-state index contributed by atoms with van der Waals surface area (Å²) in [6.07, 6.45) is 8.52. The molecule has 2 aromatic rings. The van der Waals surface area contributed by atoms with Crippen molar-refractivity contribution in [2.75, 3.05) is 6.54 Å². The molecular formula is C13H16N2O. The zero-order valence-corrected chi connectivity index (χ0v) is 9.28. The third-order valence-corrected chi connectivity index (χ3v) is 3.85. The molecule has 1 fully saturated rings. The van der Waals surface area contributed by atoms with E-state index in [1.807, 2.05) is 24.6 Å². The second-order valence-corrected chi connectivity index (χ2v) is 4.69. The Balaban J connectivity index is 2.17. The largest absolute Gasteiger partial charge is 0.462 e. The Kier molecular flexibility index (Phi) is 2.21. The van der Waals surface area contributed by atoms with Crippen LogP contribution in [-0.2, 0) is 5.41 Å². The fourth-order valence-corrected chi connectivity index (χ4v) is 2.88. The van der Waals surface area contributed by atoms with Crippen LogP contribution < -0.4 is 5.73 Å².